The van der Waals surface area contributed by atoms with Gasteiger partial charge < -0.3 is 10.2 Å². The molecule has 0 aliphatic carbocycles. The van der Waals surface area contributed by atoms with Crippen molar-refractivity contribution in [1.82, 2.24) is 0 Å². The first-order valence-electron chi connectivity index (χ1n) is 5.21. The minimum absolute atomic E-state index is 0. The van der Waals surface area contributed by atoms with Gasteiger partial charge >= 0.3 is 6.18 Å². The summed E-state index contributed by atoms with van der Waals surface area (Å²) < 4.78 is 43.2. The Morgan fingerprint density at radius 2 is 2.00 bits per heavy atom. The lowest BCUT2D eigenvalue weighted by atomic mass is 10.0. The number of rotatable bonds is 2. The molecular weight excluding hydrogens is 267 g/mol. The van der Waals surface area contributed by atoms with Crippen molar-refractivity contribution in [3.63, 3.8) is 0 Å². The highest BCUT2D eigenvalue weighted by Crippen LogP contribution is 2.34. The normalized spacial score (nSPS) is 13.4. The van der Waals surface area contributed by atoms with Gasteiger partial charge in [-0.1, -0.05) is 0 Å². The lowest BCUT2D eigenvalue weighted by molar-refractivity contribution is -0.137. The van der Waals surface area contributed by atoms with E-state index in [0.29, 0.717) is 23.0 Å². The van der Waals surface area contributed by atoms with Crippen LogP contribution in [-0.4, -0.2) is 6.04 Å². The zero-order chi connectivity index (χ0) is 12.6. The van der Waals surface area contributed by atoms with Crippen LogP contribution in [0.2, 0.25) is 0 Å². The molecule has 1 aromatic carbocycles. The molecule has 2 N–H and O–H groups in total. The Hall–Kier alpha value is -1.20. The second kappa shape index (κ2) is 5.20. The topological polar surface area (TPSA) is 39.2 Å². The summed E-state index contributed by atoms with van der Waals surface area (Å²) in [5.74, 6) is 0. The largest absolute Gasteiger partial charge is 0.464 e. The van der Waals surface area contributed by atoms with Gasteiger partial charge in [0.25, 0.3) is 0 Å². The van der Waals surface area contributed by atoms with E-state index in [0.717, 1.165) is 12.1 Å². The number of hydrogen-bond donors (Lipinski definition) is 1. The molecule has 0 amide bonds. The average molecular weight is 280 g/mol. The van der Waals surface area contributed by atoms with Crippen molar-refractivity contribution in [2.45, 2.75) is 25.6 Å². The molecule has 1 atom stereocenters. The molecule has 1 heterocycles. The molecule has 0 spiro atoms. The summed E-state index contributed by atoms with van der Waals surface area (Å²) in [6, 6.07) is 3.50. The molecule has 0 aliphatic heterocycles. The third-order valence-corrected chi connectivity index (χ3v) is 2.50. The molecule has 0 aliphatic rings. The van der Waals surface area contributed by atoms with Crippen molar-refractivity contribution in [1.29, 1.82) is 0 Å². The number of nitrogens with two attached hydrogens (primary N) is 1. The smallest absolute Gasteiger partial charge is 0.416 e. The quantitative estimate of drug-likeness (QED) is 0.909. The van der Waals surface area contributed by atoms with E-state index in [1.54, 1.807) is 6.92 Å². The molecular formula is C12H13ClF3NO. The standard InChI is InChI=1S/C12H12F3NO.ClH/c1-7(16)4-9-6-10(12(13,14)15)5-8-2-3-17-11(8)9;/h2-3,5-7H,4,16H2,1H3;1H/t7-;/m1./s1. The number of halogens is 4. The summed E-state index contributed by atoms with van der Waals surface area (Å²) in [7, 11) is 0. The van der Waals surface area contributed by atoms with Gasteiger partial charge in [0, 0.05) is 11.4 Å². The molecule has 1 aromatic heterocycles. The van der Waals surface area contributed by atoms with Crippen LogP contribution in [0.5, 0.6) is 0 Å². The van der Waals surface area contributed by atoms with Crippen molar-refractivity contribution < 1.29 is 17.6 Å². The predicted octanol–water partition coefficient (Wildman–Crippen LogP) is 3.76. The summed E-state index contributed by atoms with van der Waals surface area (Å²) in [6.07, 6.45) is -2.61. The number of fused-ring (bicyclic) bond motifs is 1. The molecule has 2 aromatic rings. The van der Waals surface area contributed by atoms with Gasteiger partial charge in [-0.25, -0.2) is 0 Å². The molecule has 2 nitrogen and oxygen atoms in total. The van der Waals surface area contributed by atoms with E-state index >= 15 is 0 Å². The molecule has 0 fully saturated rings. The molecule has 0 bridgehead atoms. The molecule has 2 rings (SSSR count). The lowest BCUT2D eigenvalue weighted by Gasteiger charge is -2.11. The number of hydrogen-bond acceptors (Lipinski definition) is 2. The molecule has 100 valence electrons. The van der Waals surface area contributed by atoms with E-state index in [9.17, 15) is 13.2 Å². The highest BCUT2D eigenvalue weighted by atomic mass is 35.5. The molecule has 0 saturated heterocycles. The van der Waals surface area contributed by atoms with Gasteiger partial charge in [0.1, 0.15) is 5.58 Å². The molecule has 0 radical (unpaired) electrons. The van der Waals surface area contributed by atoms with Crippen LogP contribution in [0.25, 0.3) is 11.0 Å². The van der Waals surface area contributed by atoms with Gasteiger partial charge in [-0.05, 0) is 37.1 Å². The minimum Gasteiger partial charge on any atom is -0.464 e. The molecule has 0 unspecified atom stereocenters. The Bertz CT molecular complexity index is 534. The average Bonchev–Trinajstić information content (AvgIpc) is 2.62. The Morgan fingerprint density at radius 1 is 1.33 bits per heavy atom. The van der Waals surface area contributed by atoms with Crippen molar-refractivity contribution in [2.75, 3.05) is 0 Å². The maximum absolute atomic E-state index is 12.7. The third-order valence-electron chi connectivity index (χ3n) is 2.50. The van der Waals surface area contributed by atoms with Crippen LogP contribution >= 0.6 is 12.4 Å². The first-order chi connectivity index (χ1) is 7.88. The maximum atomic E-state index is 12.7. The molecule has 6 heteroatoms. The monoisotopic (exact) mass is 279 g/mol. The van der Waals surface area contributed by atoms with Crippen molar-refractivity contribution >= 4 is 23.4 Å². The van der Waals surface area contributed by atoms with Crippen LogP contribution < -0.4 is 5.73 Å². The van der Waals surface area contributed by atoms with Crippen molar-refractivity contribution in [3.8, 4) is 0 Å². The lowest BCUT2D eigenvalue weighted by Crippen LogP contribution is -2.18. The van der Waals surface area contributed by atoms with Crippen molar-refractivity contribution in [3.05, 3.63) is 35.6 Å². The Kier molecular flexibility index (Phi) is 4.29. The summed E-state index contributed by atoms with van der Waals surface area (Å²) in [5.41, 5.74) is 5.93. The van der Waals surface area contributed by atoms with Crippen molar-refractivity contribution in [2.24, 2.45) is 5.73 Å². The van der Waals surface area contributed by atoms with Gasteiger partial charge in [0.05, 0.1) is 11.8 Å². The van der Waals surface area contributed by atoms with Crippen LogP contribution in [0, 0.1) is 0 Å². The SMILES string of the molecule is C[C@@H](N)Cc1cc(C(F)(F)F)cc2ccoc12.Cl. The van der Waals surface area contributed by atoms with Gasteiger partial charge in [0.15, 0.2) is 0 Å². The number of benzene rings is 1. The third kappa shape index (κ3) is 2.97. The van der Waals surface area contributed by atoms with Gasteiger partial charge in [-0.3, -0.25) is 0 Å². The highest BCUT2D eigenvalue weighted by Gasteiger charge is 2.31. The second-order valence-electron chi connectivity index (χ2n) is 4.15. The maximum Gasteiger partial charge on any atom is 0.416 e. The van der Waals surface area contributed by atoms with Gasteiger partial charge in [-0.2, -0.15) is 13.2 Å². The highest BCUT2D eigenvalue weighted by molar-refractivity contribution is 5.85. The first kappa shape index (κ1) is 14.9. The van der Waals surface area contributed by atoms with E-state index in [1.165, 1.54) is 12.3 Å². The van der Waals surface area contributed by atoms with Gasteiger partial charge in [-0.15, -0.1) is 12.4 Å². The summed E-state index contributed by atoms with van der Waals surface area (Å²) in [6.45, 7) is 1.75. The summed E-state index contributed by atoms with van der Waals surface area (Å²) in [4.78, 5) is 0. The van der Waals surface area contributed by atoms with E-state index in [-0.39, 0.29) is 18.4 Å². The van der Waals surface area contributed by atoms with Crippen LogP contribution in [0.15, 0.2) is 28.9 Å². The van der Waals surface area contributed by atoms with Gasteiger partial charge in [0.2, 0.25) is 0 Å². The van der Waals surface area contributed by atoms with Crippen LogP contribution in [0.1, 0.15) is 18.1 Å². The van der Waals surface area contributed by atoms with Crippen LogP contribution in [0.3, 0.4) is 0 Å². The van der Waals surface area contributed by atoms with E-state index in [1.807, 2.05) is 0 Å². The zero-order valence-electron chi connectivity index (χ0n) is 9.62. The van der Waals surface area contributed by atoms with E-state index in [2.05, 4.69) is 0 Å². The first-order valence-corrected chi connectivity index (χ1v) is 5.21. The fourth-order valence-corrected chi connectivity index (χ4v) is 1.82. The zero-order valence-corrected chi connectivity index (χ0v) is 10.4. The summed E-state index contributed by atoms with van der Waals surface area (Å²) >= 11 is 0. The Balaban J connectivity index is 0.00000162. The van der Waals surface area contributed by atoms with Crippen LogP contribution in [0.4, 0.5) is 13.2 Å². The molecule has 0 saturated carbocycles. The van der Waals surface area contributed by atoms with Crippen LogP contribution in [-0.2, 0) is 12.6 Å². The Labute approximate surface area is 108 Å². The fraction of sp³-hybridized carbons (Fsp3) is 0.333. The number of furan rings is 1. The number of alkyl halides is 3. The van der Waals surface area contributed by atoms with E-state index in [4.69, 9.17) is 10.2 Å². The predicted molar refractivity (Wildman–Crippen MR) is 65.8 cm³/mol. The Morgan fingerprint density at radius 3 is 2.56 bits per heavy atom. The molecule has 18 heavy (non-hydrogen) atoms. The summed E-state index contributed by atoms with van der Waals surface area (Å²) in [5, 5.41) is 0.454. The van der Waals surface area contributed by atoms with E-state index < -0.39 is 11.7 Å². The minimum atomic E-state index is -4.35. The second-order valence-corrected chi connectivity index (χ2v) is 4.15. The fourth-order valence-electron chi connectivity index (χ4n) is 1.82.